The van der Waals surface area contributed by atoms with Crippen molar-refractivity contribution >= 4 is 0 Å². The first-order chi connectivity index (χ1) is 4.43. The van der Waals surface area contributed by atoms with Gasteiger partial charge in [-0.3, -0.25) is 0 Å². The third-order valence-corrected chi connectivity index (χ3v) is 1.98. The molecule has 9 heavy (non-hydrogen) atoms. The molecule has 0 aromatic carbocycles. The predicted octanol–water partition coefficient (Wildman–Crippen LogP) is 2.37. The van der Waals surface area contributed by atoms with Gasteiger partial charge in [0.1, 0.15) is 0 Å². The van der Waals surface area contributed by atoms with E-state index < -0.39 is 0 Å². The van der Waals surface area contributed by atoms with Gasteiger partial charge in [-0.05, 0) is 18.8 Å². The van der Waals surface area contributed by atoms with Crippen LogP contribution in [0.25, 0.3) is 0 Å². The zero-order chi connectivity index (χ0) is 6.53. The van der Waals surface area contributed by atoms with Gasteiger partial charge >= 0.3 is 0 Å². The van der Waals surface area contributed by atoms with Gasteiger partial charge in [-0.25, -0.2) is 0 Å². The summed E-state index contributed by atoms with van der Waals surface area (Å²) in [6, 6.07) is 0. The van der Waals surface area contributed by atoms with Gasteiger partial charge in [0.2, 0.25) is 0 Å². The van der Waals surface area contributed by atoms with E-state index in [4.69, 9.17) is 4.74 Å². The molecule has 0 aromatic rings. The van der Waals surface area contributed by atoms with E-state index in [1.807, 2.05) is 6.61 Å². The van der Waals surface area contributed by atoms with Gasteiger partial charge in [-0.15, -0.1) is 0 Å². The van der Waals surface area contributed by atoms with Crippen molar-refractivity contribution in [2.24, 2.45) is 5.92 Å². The molecule has 0 aliphatic heterocycles. The highest BCUT2D eigenvalue weighted by atomic mass is 16.5. The van der Waals surface area contributed by atoms with Crippen LogP contribution in [0, 0.1) is 12.5 Å². The van der Waals surface area contributed by atoms with Crippen LogP contribution in [0.15, 0.2) is 0 Å². The Kier molecular flexibility index (Phi) is 3.05. The average molecular weight is 127 g/mol. The first-order valence-corrected chi connectivity index (χ1v) is 3.79. The SMILES string of the molecule is CO[CH]C1CCCCC1. The van der Waals surface area contributed by atoms with Crippen molar-refractivity contribution < 1.29 is 4.74 Å². The number of ether oxygens (including phenoxy) is 1. The van der Waals surface area contributed by atoms with Gasteiger partial charge in [0.25, 0.3) is 0 Å². The smallest absolute Gasteiger partial charge is 0.0863 e. The van der Waals surface area contributed by atoms with Gasteiger partial charge in [0.15, 0.2) is 0 Å². The van der Waals surface area contributed by atoms with Gasteiger partial charge in [-0.2, -0.15) is 0 Å². The normalized spacial score (nSPS) is 22.3. The van der Waals surface area contributed by atoms with Crippen molar-refractivity contribution in [3.63, 3.8) is 0 Å². The van der Waals surface area contributed by atoms with E-state index in [1.54, 1.807) is 7.11 Å². The van der Waals surface area contributed by atoms with E-state index in [1.165, 1.54) is 32.1 Å². The lowest BCUT2D eigenvalue weighted by atomic mass is 9.90. The van der Waals surface area contributed by atoms with Crippen molar-refractivity contribution in [1.29, 1.82) is 0 Å². The number of hydrogen-bond donors (Lipinski definition) is 0. The molecule has 0 bridgehead atoms. The van der Waals surface area contributed by atoms with Crippen LogP contribution in [0.2, 0.25) is 0 Å². The third kappa shape index (κ3) is 2.35. The molecule has 1 saturated carbocycles. The number of methoxy groups -OCH3 is 1. The predicted molar refractivity (Wildman–Crippen MR) is 37.9 cm³/mol. The Hall–Kier alpha value is -0.0400. The molecular weight excluding hydrogens is 112 g/mol. The van der Waals surface area contributed by atoms with Crippen LogP contribution >= 0.6 is 0 Å². The van der Waals surface area contributed by atoms with Crippen LogP contribution in [0.3, 0.4) is 0 Å². The molecule has 0 atom stereocenters. The molecule has 1 radical (unpaired) electrons. The topological polar surface area (TPSA) is 9.23 Å². The van der Waals surface area contributed by atoms with Crippen LogP contribution in [0.1, 0.15) is 32.1 Å². The van der Waals surface area contributed by atoms with Crippen LogP contribution in [-0.4, -0.2) is 7.11 Å². The molecule has 1 fully saturated rings. The molecule has 0 amide bonds. The summed E-state index contributed by atoms with van der Waals surface area (Å²) >= 11 is 0. The van der Waals surface area contributed by atoms with E-state index >= 15 is 0 Å². The van der Waals surface area contributed by atoms with E-state index in [9.17, 15) is 0 Å². The second kappa shape index (κ2) is 3.89. The minimum atomic E-state index is 0.753. The molecular formula is C8H15O. The standard InChI is InChI=1S/C8H15O/c1-9-7-8-5-3-2-4-6-8/h7-8H,2-6H2,1H3. The molecule has 1 aliphatic carbocycles. The highest BCUT2D eigenvalue weighted by molar-refractivity contribution is 4.71. The quantitative estimate of drug-likeness (QED) is 0.553. The lowest BCUT2D eigenvalue weighted by Gasteiger charge is -2.19. The first kappa shape index (κ1) is 7.07. The highest BCUT2D eigenvalue weighted by Gasteiger charge is 2.12. The summed E-state index contributed by atoms with van der Waals surface area (Å²) in [6.07, 6.45) is 6.89. The zero-order valence-electron chi connectivity index (χ0n) is 6.10. The van der Waals surface area contributed by atoms with Crippen molar-refractivity contribution in [1.82, 2.24) is 0 Å². The first-order valence-electron chi connectivity index (χ1n) is 3.79. The summed E-state index contributed by atoms with van der Waals surface area (Å²) < 4.78 is 4.96. The van der Waals surface area contributed by atoms with E-state index in [2.05, 4.69) is 0 Å². The van der Waals surface area contributed by atoms with E-state index in [-0.39, 0.29) is 0 Å². The van der Waals surface area contributed by atoms with Gasteiger partial charge in [-0.1, -0.05) is 19.3 Å². The lowest BCUT2D eigenvalue weighted by molar-refractivity contribution is 0.201. The fourth-order valence-electron chi connectivity index (χ4n) is 1.46. The van der Waals surface area contributed by atoms with Gasteiger partial charge in [0.05, 0.1) is 6.61 Å². The molecule has 1 rings (SSSR count). The Balaban J connectivity index is 2.08. The van der Waals surface area contributed by atoms with Crippen molar-refractivity contribution in [2.45, 2.75) is 32.1 Å². The Morgan fingerprint density at radius 1 is 1.22 bits per heavy atom. The lowest BCUT2D eigenvalue weighted by Crippen LogP contribution is -2.07. The molecule has 53 valence electrons. The van der Waals surface area contributed by atoms with Gasteiger partial charge in [0, 0.05) is 7.11 Å². The maximum atomic E-state index is 4.96. The van der Waals surface area contributed by atoms with Crippen LogP contribution in [-0.2, 0) is 4.74 Å². The molecule has 0 saturated heterocycles. The Labute approximate surface area is 57.4 Å². The molecule has 0 heterocycles. The molecule has 1 nitrogen and oxygen atoms in total. The summed E-state index contributed by atoms with van der Waals surface area (Å²) in [5.74, 6) is 0.753. The minimum absolute atomic E-state index is 0.753. The second-order valence-corrected chi connectivity index (χ2v) is 2.77. The summed E-state index contributed by atoms with van der Waals surface area (Å²) in [5.41, 5.74) is 0. The largest absolute Gasteiger partial charge is 0.378 e. The van der Waals surface area contributed by atoms with Gasteiger partial charge < -0.3 is 4.74 Å². The van der Waals surface area contributed by atoms with Crippen LogP contribution in [0.5, 0.6) is 0 Å². The molecule has 1 heteroatoms. The fourth-order valence-corrected chi connectivity index (χ4v) is 1.46. The number of hydrogen-bond acceptors (Lipinski definition) is 1. The van der Waals surface area contributed by atoms with Crippen molar-refractivity contribution in [2.75, 3.05) is 7.11 Å². The third-order valence-electron chi connectivity index (χ3n) is 1.98. The molecule has 1 aliphatic rings. The fraction of sp³-hybridized carbons (Fsp3) is 0.875. The summed E-state index contributed by atoms with van der Waals surface area (Å²) in [5, 5.41) is 0. The van der Waals surface area contributed by atoms with Crippen LogP contribution < -0.4 is 0 Å². The summed E-state index contributed by atoms with van der Waals surface area (Å²) in [4.78, 5) is 0. The average Bonchev–Trinajstić information content (AvgIpc) is 1.91. The maximum absolute atomic E-state index is 4.96. The minimum Gasteiger partial charge on any atom is -0.378 e. The second-order valence-electron chi connectivity index (χ2n) is 2.77. The Morgan fingerprint density at radius 3 is 2.44 bits per heavy atom. The van der Waals surface area contributed by atoms with Crippen LogP contribution in [0.4, 0.5) is 0 Å². The molecule has 0 N–H and O–H groups in total. The zero-order valence-corrected chi connectivity index (χ0v) is 6.10. The number of rotatable bonds is 2. The van der Waals surface area contributed by atoms with Crippen molar-refractivity contribution in [3.8, 4) is 0 Å². The molecule has 0 unspecified atom stereocenters. The van der Waals surface area contributed by atoms with E-state index in [0.29, 0.717) is 0 Å². The summed E-state index contributed by atoms with van der Waals surface area (Å²) in [7, 11) is 1.74. The molecule has 0 aromatic heterocycles. The monoisotopic (exact) mass is 127 g/mol. The van der Waals surface area contributed by atoms with E-state index in [0.717, 1.165) is 5.92 Å². The molecule has 0 spiro atoms. The van der Waals surface area contributed by atoms with Crippen molar-refractivity contribution in [3.05, 3.63) is 6.61 Å². The summed E-state index contributed by atoms with van der Waals surface area (Å²) in [6.45, 7) is 1.99. The Bertz CT molecular complexity index is 62.2. The maximum Gasteiger partial charge on any atom is 0.0863 e. The Morgan fingerprint density at radius 2 is 1.89 bits per heavy atom. The highest BCUT2D eigenvalue weighted by Crippen LogP contribution is 2.25.